The first-order valence-corrected chi connectivity index (χ1v) is 7.56. The molecular formula is C9H12ClN5O2S. The number of fused-ring (bicyclic) bond motifs is 1. The first-order chi connectivity index (χ1) is 8.37. The van der Waals surface area contributed by atoms with Gasteiger partial charge in [-0.2, -0.15) is 19.6 Å². The molecule has 0 atom stereocenters. The second-order valence-corrected chi connectivity index (χ2v) is 6.61. The number of sulfone groups is 1. The van der Waals surface area contributed by atoms with Gasteiger partial charge in [-0.25, -0.2) is 8.42 Å². The molecule has 0 saturated carbocycles. The van der Waals surface area contributed by atoms with E-state index in [1.165, 1.54) is 17.1 Å². The monoisotopic (exact) mass is 289 g/mol. The summed E-state index contributed by atoms with van der Waals surface area (Å²) in [6.45, 7) is 0.341. The average molecular weight is 290 g/mol. The maximum absolute atomic E-state index is 11.1. The van der Waals surface area contributed by atoms with E-state index in [-0.39, 0.29) is 10.9 Å². The van der Waals surface area contributed by atoms with Gasteiger partial charge in [0.25, 0.3) is 5.78 Å². The quantitative estimate of drug-likeness (QED) is 0.751. The lowest BCUT2D eigenvalue weighted by molar-refractivity contribution is 0.600. The van der Waals surface area contributed by atoms with Gasteiger partial charge >= 0.3 is 0 Å². The van der Waals surface area contributed by atoms with Crippen LogP contribution in [0, 0.1) is 0 Å². The van der Waals surface area contributed by atoms with Gasteiger partial charge in [0.05, 0.1) is 5.75 Å². The van der Waals surface area contributed by atoms with Crippen LogP contribution in [0.25, 0.3) is 5.78 Å². The van der Waals surface area contributed by atoms with Crippen LogP contribution in [0.2, 0.25) is 5.15 Å². The molecule has 0 aliphatic rings. The van der Waals surface area contributed by atoms with Crippen molar-refractivity contribution >= 4 is 33.0 Å². The molecule has 0 saturated heterocycles. The van der Waals surface area contributed by atoms with Crippen LogP contribution < -0.4 is 4.90 Å². The molecule has 0 radical (unpaired) electrons. The topological polar surface area (TPSA) is 80.5 Å². The minimum absolute atomic E-state index is 0.0552. The number of hydrogen-bond donors (Lipinski definition) is 0. The molecule has 2 rings (SSSR count). The highest BCUT2D eigenvalue weighted by molar-refractivity contribution is 7.90. The lowest BCUT2D eigenvalue weighted by Crippen LogP contribution is -2.26. The Morgan fingerprint density at radius 1 is 1.50 bits per heavy atom. The fourth-order valence-electron chi connectivity index (χ4n) is 1.46. The summed E-state index contributed by atoms with van der Waals surface area (Å²) in [4.78, 5) is 9.69. The maximum Gasteiger partial charge on any atom is 0.255 e. The largest absolute Gasteiger partial charge is 0.358 e. The van der Waals surface area contributed by atoms with Crippen molar-refractivity contribution in [3.63, 3.8) is 0 Å². The van der Waals surface area contributed by atoms with Crippen molar-refractivity contribution in [2.45, 2.75) is 0 Å². The minimum atomic E-state index is -3.01. The van der Waals surface area contributed by atoms with Gasteiger partial charge in [-0.05, 0) is 0 Å². The molecule has 9 heteroatoms. The molecule has 18 heavy (non-hydrogen) atoms. The molecule has 0 bridgehead atoms. The molecule has 0 amide bonds. The first kappa shape index (κ1) is 13.0. The lowest BCUT2D eigenvalue weighted by atomic mass is 10.5. The van der Waals surface area contributed by atoms with Crippen LogP contribution in [-0.4, -0.2) is 53.6 Å². The third-order valence-corrected chi connectivity index (χ3v) is 3.51. The Kier molecular flexibility index (Phi) is 3.40. The molecule has 0 unspecified atom stereocenters. The van der Waals surface area contributed by atoms with Crippen molar-refractivity contribution in [3.8, 4) is 0 Å². The summed E-state index contributed by atoms with van der Waals surface area (Å²) >= 11 is 5.88. The van der Waals surface area contributed by atoms with Crippen LogP contribution in [-0.2, 0) is 9.84 Å². The molecule has 0 aliphatic carbocycles. The van der Waals surface area contributed by atoms with Gasteiger partial charge in [-0.3, -0.25) is 0 Å². The van der Waals surface area contributed by atoms with E-state index in [0.29, 0.717) is 18.1 Å². The molecule has 0 fully saturated rings. The lowest BCUT2D eigenvalue weighted by Gasteiger charge is -2.19. The number of nitrogens with zero attached hydrogens (tertiary/aromatic N) is 5. The summed E-state index contributed by atoms with van der Waals surface area (Å²) in [7, 11) is -1.25. The molecule has 2 aromatic heterocycles. The molecule has 0 N–H and O–H groups in total. The molecule has 2 aromatic rings. The highest BCUT2D eigenvalue weighted by Gasteiger charge is 2.12. The fourth-order valence-corrected chi connectivity index (χ4v) is 2.24. The summed E-state index contributed by atoms with van der Waals surface area (Å²) in [5, 5.41) is 4.31. The Morgan fingerprint density at radius 2 is 2.22 bits per heavy atom. The number of rotatable bonds is 4. The summed E-state index contributed by atoms with van der Waals surface area (Å²) in [6, 6.07) is 1.62. The van der Waals surface area contributed by atoms with Crippen LogP contribution >= 0.6 is 11.6 Å². The summed E-state index contributed by atoms with van der Waals surface area (Å²) < 4.78 is 23.8. The Labute approximate surface area is 109 Å². The van der Waals surface area contributed by atoms with Crippen LogP contribution in [0.5, 0.6) is 0 Å². The second kappa shape index (κ2) is 4.69. The molecule has 0 aliphatic heterocycles. The van der Waals surface area contributed by atoms with Gasteiger partial charge in [0, 0.05) is 25.9 Å². The maximum atomic E-state index is 11.1. The standard InChI is InChI=1S/C9H12ClN5O2S/c1-14(3-4-18(2,16)17)8-5-7(10)13-9-11-6-12-15(8)9/h5-6H,3-4H2,1-2H3. The van der Waals surface area contributed by atoms with Gasteiger partial charge in [0.15, 0.2) is 0 Å². The highest BCUT2D eigenvalue weighted by Crippen LogP contribution is 2.17. The molecule has 7 nitrogen and oxygen atoms in total. The zero-order chi connectivity index (χ0) is 13.3. The van der Waals surface area contributed by atoms with Crippen molar-refractivity contribution in [3.05, 3.63) is 17.5 Å². The summed E-state index contributed by atoms with van der Waals surface area (Å²) in [5.74, 6) is 1.08. The van der Waals surface area contributed by atoms with E-state index in [2.05, 4.69) is 15.1 Å². The number of anilines is 1. The van der Waals surface area contributed by atoms with Gasteiger partial charge in [-0.1, -0.05) is 11.6 Å². The summed E-state index contributed by atoms with van der Waals surface area (Å²) in [6.07, 6.45) is 2.57. The second-order valence-electron chi connectivity index (χ2n) is 3.96. The highest BCUT2D eigenvalue weighted by atomic mass is 35.5. The van der Waals surface area contributed by atoms with Crippen molar-refractivity contribution in [2.24, 2.45) is 0 Å². The van der Waals surface area contributed by atoms with Gasteiger partial charge < -0.3 is 4.90 Å². The van der Waals surface area contributed by atoms with E-state index in [4.69, 9.17) is 11.6 Å². The average Bonchev–Trinajstić information content (AvgIpc) is 2.71. The third kappa shape index (κ3) is 2.88. The Hall–Kier alpha value is -1.41. The first-order valence-electron chi connectivity index (χ1n) is 5.12. The van der Waals surface area contributed by atoms with Crippen molar-refractivity contribution in [2.75, 3.05) is 30.5 Å². The zero-order valence-corrected chi connectivity index (χ0v) is 11.5. The number of halogens is 1. The zero-order valence-electron chi connectivity index (χ0n) is 9.91. The Balaban J connectivity index is 2.32. The normalized spacial score (nSPS) is 11.9. The molecule has 0 spiro atoms. The van der Waals surface area contributed by atoms with E-state index < -0.39 is 9.84 Å². The van der Waals surface area contributed by atoms with Crippen molar-refractivity contribution in [1.82, 2.24) is 19.6 Å². The summed E-state index contributed by atoms with van der Waals surface area (Å²) in [5.41, 5.74) is 0. The van der Waals surface area contributed by atoms with Gasteiger partial charge in [0.1, 0.15) is 27.1 Å². The van der Waals surface area contributed by atoms with Crippen molar-refractivity contribution < 1.29 is 8.42 Å². The van der Waals surface area contributed by atoms with Gasteiger partial charge in [-0.15, -0.1) is 0 Å². The third-order valence-electron chi connectivity index (χ3n) is 2.39. The molecule has 2 heterocycles. The molecule has 98 valence electrons. The van der Waals surface area contributed by atoms with E-state index in [0.717, 1.165) is 0 Å². The van der Waals surface area contributed by atoms with Crippen LogP contribution in [0.3, 0.4) is 0 Å². The minimum Gasteiger partial charge on any atom is -0.358 e. The Bertz CT molecular complexity index is 669. The molecular weight excluding hydrogens is 278 g/mol. The predicted molar refractivity (Wildman–Crippen MR) is 68.8 cm³/mol. The van der Waals surface area contributed by atoms with Crippen LogP contribution in [0.15, 0.2) is 12.4 Å². The fraction of sp³-hybridized carbons (Fsp3) is 0.444. The van der Waals surface area contributed by atoms with Gasteiger partial charge in [0.2, 0.25) is 0 Å². The van der Waals surface area contributed by atoms with E-state index in [1.54, 1.807) is 18.0 Å². The molecule has 0 aromatic carbocycles. The Morgan fingerprint density at radius 3 is 2.89 bits per heavy atom. The van der Waals surface area contributed by atoms with Crippen LogP contribution in [0.1, 0.15) is 0 Å². The smallest absolute Gasteiger partial charge is 0.255 e. The number of hydrogen-bond acceptors (Lipinski definition) is 6. The van der Waals surface area contributed by atoms with E-state index in [9.17, 15) is 8.42 Å². The van der Waals surface area contributed by atoms with Crippen molar-refractivity contribution in [1.29, 1.82) is 0 Å². The van der Waals surface area contributed by atoms with E-state index in [1.807, 2.05) is 0 Å². The van der Waals surface area contributed by atoms with E-state index >= 15 is 0 Å². The predicted octanol–water partition coefficient (Wildman–Crippen LogP) is 0.258. The number of aromatic nitrogens is 4. The SMILES string of the molecule is CN(CCS(C)(=O)=O)c1cc(Cl)nc2ncnn12. The van der Waals surface area contributed by atoms with Crippen LogP contribution in [0.4, 0.5) is 5.82 Å².